The van der Waals surface area contributed by atoms with Crippen molar-refractivity contribution in [3.8, 4) is 0 Å². The minimum absolute atomic E-state index is 0.0186. The van der Waals surface area contributed by atoms with Gasteiger partial charge in [0.1, 0.15) is 11.6 Å². The summed E-state index contributed by atoms with van der Waals surface area (Å²) < 4.78 is 27.7. The Morgan fingerprint density at radius 1 is 1.09 bits per heavy atom. The lowest BCUT2D eigenvalue weighted by atomic mass is 10.2. The monoisotopic (exact) mass is 314 g/mol. The van der Waals surface area contributed by atoms with Crippen molar-refractivity contribution in [3.63, 3.8) is 0 Å². The summed E-state index contributed by atoms with van der Waals surface area (Å²) in [5, 5.41) is 10.0. The number of amides is 1. The molecule has 0 atom stereocenters. The van der Waals surface area contributed by atoms with E-state index in [0.717, 1.165) is 23.8 Å². The lowest BCUT2D eigenvalue weighted by Crippen LogP contribution is -2.12. The maximum absolute atomic E-state index is 13.1. The second kappa shape index (κ2) is 6.35. The number of benzene rings is 2. The first kappa shape index (κ1) is 14.8. The molecule has 0 spiro atoms. The van der Waals surface area contributed by atoms with E-state index in [-0.39, 0.29) is 11.4 Å². The number of hydrogen-bond acceptors (Lipinski definition) is 3. The Balaban J connectivity index is 1.71. The maximum atomic E-state index is 13.1. The van der Waals surface area contributed by atoms with Gasteiger partial charge in [0.15, 0.2) is 5.69 Å². The molecule has 2 aromatic carbocycles. The van der Waals surface area contributed by atoms with Gasteiger partial charge in [0, 0.05) is 11.8 Å². The van der Waals surface area contributed by atoms with E-state index in [0.29, 0.717) is 6.54 Å². The highest BCUT2D eigenvalue weighted by atomic mass is 19.1. The molecule has 1 N–H and O–H groups in total. The third kappa shape index (κ3) is 3.76. The average molecular weight is 314 g/mol. The predicted octanol–water partition coefficient (Wildman–Crippen LogP) is 2.86. The fourth-order valence-electron chi connectivity index (χ4n) is 2.07. The number of anilines is 1. The molecule has 3 rings (SSSR count). The minimum Gasteiger partial charge on any atom is -0.320 e. The van der Waals surface area contributed by atoms with Crippen molar-refractivity contribution < 1.29 is 13.6 Å². The van der Waals surface area contributed by atoms with Crippen LogP contribution in [-0.4, -0.2) is 20.9 Å². The summed E-state index contributed by atoms with van der Waals surface area (Å²) in [5.74, 6) is -2.13. The largest absolute Gasteiger partial charge is 0.320 e. The van der Waals surface area contributed by atoms with Crippen LogP contribution in [0.4, 0.5) is 14.5 Å². The smallest absolute Gasteiger partial charge is 0.277 e. The molecule has 0 aliphatic carbocycles. The molecule has 0 fully saturated rings. The van der Waals surface area contributed by atoms with Gasteiger partial charge in [-0.2, -0.15) is 0 Å². The Morgan fingerprint density at radius 3 is 2.48 bits per heavy atom. The van der Waals surface area contributed by atoms with Crippen LogP contribution in [0.5, 0.6) is 0 Å². The SMILES string of the molecule is O=C(Nc1cc(F)cc(F)c1)c1cn(Cc2ccccc2)nn1. The summed E-state index contributed by atoms with van der Waals surface area (Å²) in [6, 6.07) is 12.3. The van der Waals surface area contributed by atoms with Gasteiger partial charge in [-0.25, -0.2) is 13.5 Å². The summed E-state index contributed by atoms with van der Waals surface area (Å²) >= 11 is 0. The number of halogens is 2. The Hall–Kier alpha value is -3.09. The van der Waals surface area contributed by atoms with E-state index in [1.807, 2.05) is 30.3 Å². The van der Waals surface area contributed by atoms with E-state index in [9.17, 15) is 13.6 Å². The van der Waals surface area contributed by atoms with E-state index >= 15 is 0 Å². The van der Waals surface area contributed by atoms with Gasteiger partial charge >= 0.3 is 0 Å². The maximum Gasteiger partial charge on any atom is 0.277 e. The van der Waals surface area contributed by atoms with Crippen LogP contribution < -0.4 is 5.32 Å². The molecule has 116 valence electrons. The van der Waals surface area contributed by atoms with Gasteiger partial charge in [0.05, 0.1) is 12.7 Å². The molecule has 5 nitrogen and oxygen atoms in total. The van der Waals surface area contributed by atoms with E-state index in [4.69, 9.17) is 0 Å². The molecule has 23 heavy (non-hydrogen) atoms. The normalized spacial score (nSPS) is 10.5. The fourth-order valence-corrected chi connectivity index (χ4v) is 2.07. The van der Waals surface area contributed by atoms with E-state index in [1.54, 1.807) is 0 Å². The molecular weight excluding hydrogens is 302 g/mol. The van der Waals surface area contributed by atoms with Crippen LogP contribution in [0, 0.1) is 11.6 Å². The number of carbonyl (C=O) groups is 1. The topological polar surface area (TPSA) is 59.8 Å². The van der Waals surface area contributed by atoms with E-state index < -0.39 is 17.5 Å². The van der Waals surface area contributed by atoms with Crippen molar-refractivity contribution in [1.82, 2.24) is 15.0 Å². The van der Waals surface area contributed by atoms with Crippen LogP contribution in [0.2, 0.25) is 0 Å². The lowest BCUT2D eigenvalue weighted by Gasteiger charge is -2.03. The second-order valence-electron chi connectivity index (χ2n) is 4.90. The highest BCUT2D eigenvalue weighted by molar-refractivity contribution is 6.02. The Labute approximate surface area is 130 Å². The summed E-state index contributed by atoms with van der Waals surface area (Å²) in [7, 11) is 0. The number of nitrogens with zero attached hydrogens (tertiary/aromatic N) is 3. The zero-order valence-electron chi connectivity index (χ0n) is 11.9. The third-order valence-corrected chi connectivity index (χ3v) is 3.08. The number of nitrogens with one attached hydrogen (secondary N) is 1. The van der Waals surface area contributed by atoms with Crippen LogP contribution >= 0.6 is 0 Å². The molecule has 1 aromatic heterocycles. The Kier molecular flexibility index (Phi) is 4.09. The number of carbonyl (C=O) groups excluding carboxylic acids is 1. The summed E-state index contributed by atoms with van der Waals surface area (Å²) in [6.07, 6.45) is 1.47. The first-order valence-electron chi connectivity index (χ1n) is 6.82. The van der Waals surface area contributed by atoms with Gasteiger partial charge < -0.3 is 5.32 Å². The average Bonchev–Trinajstić information content (AvgIpc) is 2.96. The molecule has 0 saturated heterocycles. The summed E-state index contributed by atoms with van der Waals surface area (Å²) in [6.45, 7) is 0.468. The number of rotatable bonds is 4. The number of hydrogen-bond donors (Lipinski definition) is 1. The molecule has 1 heterocycles. The Bertz CT molecular complexity index is 813. The van der Waals surface area contributed by atoms with Gasteiger partial charge in [0.25, 0.3) is 5.91 Å². The first-order chi connectivity index (χ1) is 11.1. The lowest BCUT2D eigenvalue weighted by molar-refractivity contribution is 0.102. The molecule has 0 bridgehead atoms. The van der Waals surface area contributed by atoms with Crippen LogP contribution in [-0.2, 0) is 6.54 Å². The molecule has 0 aliphatic rings. The van der Waals surface area contributed by atoms with Crippen LogP contribution in [0.25, 0.3) is 0 Å². The second-order valence-corrected chi connectivity index (χ2v) is 4.90. The Morgan fingerprint density at radius 2 is 1.78 bits per heavy atom. The van der Waals surface area contributed by atoms with Crippen molar-refractivity contribution >= 4 is 11.6 Å². The molecule has 0 saturated carbocycles. The highest BCUT2D eigenvalue weighted by Gasteiger charge is 2.12. The molecule has 1 amide bonds. The van der Waals surface area contributed by atoms with Gasteiger partial charge in [-0.3, -0.25) is 4.79 Å². The van der Waals surface area contributed by atoms with Crippen molar-refractivity contribution in [2.75, 3.05) is 5.32 Å². The third-order valence-electron chi connectivity index (χ3n) is 3.08. The van der Waals surface area contributed by atoms with Crippen molar-refractivity contribution in [1.29, 1.82) is 0 Å². The van der Waals surface area contributed by atoms with Crippen molar-refractivity contribution in [2.24, 2.45) is 0 Å². The van der Waals surface area contributed by atoms with Crippen LogP contribution in [0.3, 0.4) is 0 Å². The molecule has 0 aliphatic heterocycles. The van der Waals surface area contributed by atoms with Gasteiger partial charge in [-0.15, -0.1) is 5.10 Å². The zero-order chi connectivity index (χ0) is 16.2. The van der Waals surface area contributed by atoms with Gasteiger partial charge in [-0.1, -0.05) is 35.5 Å². The molecule has 7 heteroatoms. The molecule has 0 unspecified atom stereocenters. The van der Waals surface area contributed by atoms with Gasteiger partial charge in [-0.05, 0) is 17.7 Å². The van der Waals surface area contributed by atoms with Crippen molar-refractivity contribution in [2.45, 2.75) is 6.54 Å². The van der Waals surface area contributed by atoms with Crippen LogP contribution in [0.15, 0.2) is 54.7 Å². The summed E-state index contributed by atoms with van der Waals surface area (Å²) in [5.41, 5.74) is 1.09. The quantitative estimate of drug-likeness (QED) is 0.805. The predicted molar refractivity (Wildman–Crippen MR) is 79.9 cm³/mol. The fraction of sp³-hybridized carbons (Fsp3) is 0.0625. The number of aromatic nitrogens is 3. The van der Waals surface area contributed by atoms with E-state index in [2.05, 4.69) is 15.6 Å². The molecular formula is C16H12F2N4O. The van der Waals surface area contributed by atoms with Gasteiger partial charge in [0.2, 0.25) is 0 Å². The van der Waals surface area contributed by atoms with Crippen LogP contribution in [0.1, 0.15) is 16.1 Å². The molecule has 0 radical (unpaired) electrons. The summed E-state index contributed by atoms with van der Waals surface area (Å²) in [4.78, 5) is 12.0. The van der Waals surface area contributed by atoms with E-state index in [1.165, 1.54) is 10.9 Å². The molecule has 3 aromatic rings. The first-order valence-corrected chi connectivity index (χ1v) is 6.82. The zero-order valence-corrected chi connectivity index (χ0v) is 11.9. The standard InChI is InChI=1S/C16H12F2N4O/c17-12-6-13(18)8-14(7-12)19-16(23)15-10-22(21-20-15)9-11-4-2-1-3-5-11/h1-8,10H,9H2,(H,19,23). The highest BCUT2D eigenvalue weighted by Crippen LogP contribution is 2.13. The van der Waals surface area contributed by atoms with Crippen molar-refractivity contribution in [3.05, 3.63) is 77.6 Å². The minimum atomic E-state index is -0.770.